The summed E-state index contributed by atoms with van der Waals surface area (Å²) in [6, 6.07) is 10.5. The molecule has 2 aromatic carbocycles. The van der Waals surface area contributed by atoms with E-state index < -0.39 is 0 Å². The normalized spacial score (nSPS) is 11.2. The minimum atomic E-state index is 0.843. The standard InChI is InChI=1S/C20H24N2O/c1-12-6-8-18(21)17-10-13(2)22(20(12)17)11-16-7-9-19(23-5)15(4)14(16)3/h6-10H,11,21H2,1-5H3. The van der Waals surface area contributed by atoms with Gasteiger partial charge in [0, 0.05) is 23.3 Å². The lowest BCUT2D eigenvalue weighted by Gasteiger charge is -2.16. The average molecular weight is 308 g/mol. The fourth-order valence-corrected chi connectivity index (χ4v) is 3.32. The minimum Gasteiger partial charge on any atom is -0.496 e. The predicted molar refractivity (Wildman–Crippen MR) is 97.4 cm³/mol. The number of anilines is 1. The zero-order valence-electron chi connectivity index (χ0n) is 14.5. The highest BCUT2D eigenvalue weighted by molar-refractivity contribution is 5.94. The van der Waals surface area contributed by atoms with Crippen molar-refractivity contribution in [2.75, 3.05) is 12.8 Å². The van der Waals surface area contributed by atoms with Crippen LogP contribution in [0.2, 0.25) is 0 Å². The Morgan fingerprint density at radius 1 is 1.00 bits per heavy atom. The van der Waals surface area contributed by atoms with E-state index in [1.54, 1.807) is 7.11 Å². The average Bonchev–Trinajstić information content (AvgIpc) is 2.86. The first-order chi connectivity index (χ1) is 10.9. The molecule has 0 amide bonds. The van der Waals surface area contributed by atoms with Gasteiger partial charge in [0.2, 0.25) is 0 Å². The van der Waals surface area contributed by atoms with Crippen LogP contribution in [0.1, 0.15) is 27.9 Å². The molecule has 3 aromatic rings. The van der Waals surface area contributed by atoms with Gasteiger partial charge in [-0.25, -0.2) is 0 Å². The zero-order valence-corrected chi connectivity index (χ0v) is 14.5. The van der Waals surface area contributed by atoms with Crippen LogP contribution < -0.4 is 10.5 Å². The predicted octanol–water partition coefficient (Wildman–Crippen LogP) is 4.51. The molecule has 23 heavy (non-hydrogen) atoms. The first kappa shape index (κ1) is 15.5. The molecule has 0 aliphatic heterocycles. The van der Waals surface area contributed by atoms with Gasteiger partial charge in [-0.1, -0.05) is 12.1 Å². The summed E-state index contributed by atoms with van der Waals surface area (Å²) in [7, 11) is 1.72. The molecule has 2 N–H and O–H groups in total. The lowest BCUT2D eigenvalue weighted by atomic mass is 10.0. The van der Waals surface area contributed by atoms with Crippen molar-refractivity contribution < 1.29 is 4.74 Å². The van der Waals surface area contributed by atoms with Crippen molar-refractivity contribution in [1.29, 1.82) is 0 Å². The molecule has 1 aromatic heterocycles. The molecule has 120 valence electrons. The highest BCUT2D eigenvalue weighted by Gasteiger charge is 2.13. The molecular formula is C20H24N2O. The van der Waals surface area contributed by atoms with Gasteiger partial charge in [0.05, 0.1) is 12.6 Å². The first-order valence-electron chi connectivity index (χ1n) is 7.92. The Morgan fingerprint density at radius 3 is 2.43 bits per heavy atom. The molecule has 0 aliphatic rings. The smallest absolute Gasteiger partial charge is 0.122 e. The molecular weight excluding hydrogens is 284 g/mol. The third-order valence-electron chi connectivity index (χ3n) is 4.90. The number of hydrogen-bond donors (Lipinski definition) is 1. The highest BCUT2D eigenvalue weighted by atomic mass is 16.5. The number of ether oxygens (including phenoxy) is 1. The van der Waals surface area contributed by atoms with E-state index in [9.17, 15) is 0 Å². The van der Waals surface area contributed by atoms with E-state index in [1.165, 1.54) is 33.5 Å². The second-order valence-electron chi connectivity index (χ2n) is 6.28. The summed E-state index contributed by atoms with van der Waals surface area (Å²) in [5, 5.41) is 1.14. The van der Waals surface area contributed by atoms with E-state index in [4.69, 9.17) is 10.5 Å². The van der Waals surface area contributed by atoms with E-state index >= 15 is 0 Å². The van der Waals surface area contributed by atoms with Gasteiger partial charge in [-0.2, -0.15) is 0 Å². The van der Waals surface area contributed by atoms with Crippen molar-refractivity contribution in [2.24, 2.45) is 0 Å². The second-order valence-corrected chi connectivity index (χ2v) is 6.28. The number of methoxy groups -OCH3 is 1. The largest absolute Gasteiger partial charge is 0.496 e. The van der Waals surface area contributed by atoms with Crippen LogP contribution in [0.25, 0.3) is 10.9 Å². The Balaban J connectivity index is 2.15. The van der Waals surface area contributed by atoms with Crippen LogP contribution in [0.15, 0.2) is 30.3 Å². The Kier molecular flexibility index (Phi) is 3.80. The van der Waals surface area contributed by atoms with Crippen LogP contribution in [0.3, 0.4) is 0 Å². The number of aromatic nitrogens is 1. The van der Waals surface area contributed by atoms with Crippen LogP contribution in [0.4, 0.5) is 5.69 Å². The van der Waals surface area contributed by atoms with Crippen molar-refractivity contribution in [3.05, 3.63) is 58.3 Å². The van der Waals surface area contributed by atoms with Gasteiger partial charge >= 0.3 is 0 Å². The van der Waals surface area contributed by atoms with Gasteiger partial charge < -0.3 is 15.0 Å². The number of nitrogens with zero attached hydrogens (tertiary/aromatic N) is 1. The molecule has 0 radical (unpaired) electrons. The monoisotopic (exact) mass is 308 g/mol. The lowest BCUT2D eigenvalue weighted by Crippen LogP contribution is -2.05. The number of nitrogens with two attached hydrogens (primary N) is 1. The summed E-state index contributed by atoms with van der Waals surface area (Å²) < 4.78 is 7.78. The quantitative estimate of drug-likeness (QED) is 0.723. The Hall–Kier alpha value is -2.42. The fraction of sp³-hybridized carbons (Fsp3) is 0.300. The number of fused-ring (bicyclic) bond motifs is 1. The van der Waals surface area contributed by atoms with Crippen molar-refractivity contribution >= 4 is 16.6 Å². The maximum Gasteiger partial charge on any atom is 0.122 e. The van der Waals surface area contributed by atoms with E-state index in [1.807, 2.05) is 6.07 Å². The van der Waals surface area contributed by atoms with E-state index in [-0.39, 0.29) is 0 Å². The van der Waals surface area contributed by atoms with Gasteiger partial charge in [-0.05, 0) is 68.1 Å². The summed E-state index contributed by atoms with van der Waals surface area (Å²) >= 11 is 0. The van der Waals surface area contributed by atoms with Gasteiger partial charge in [0.1, 0.15) is 5.75 Å². The molecule has 0 unspecified atom stereocenters. The summed E-state index contributed by atoms with van der Waals surface area (Å²) in [5.41, 5.74) is 14.5. The van der Waals surface area contributed by atoms with Crippen molar-refractivity contribution in [3.63, 3.8) is 0 Å². The maximum atomic E-state index is 6.16. The zero-order chi connectivity index (χ0) is 16.7. The lowest BCUT2D eigenvalue weighted by molar-refractivity contribution is 0.411. The van der Waals surface area contributed by atoms with E-state index in [0.29, 0.717) is 0 Å². The summed E-state index contributed by atoms with van der Waals surface area (Å²) in [6.07, 6.45) is 0. The van der Waals surface area contributed by atoms with E-state index in [2.05, 4.69) is 56.5 Å². The highest BCUT2D eigenvalue weighted by Crippen LogP contribution is 2.30. The Labute approximate surface area is 137 Å². The number of nitrogen functional groups attached to an aromatic ring is 1. The fourth-order valence-electron chi connectivity index (χ4n) is 3.32. The molecule has 0 fully saturated rings. The molecule has 3 rings (SSSR count). The number of aryl methyl sites for hydroxylation is 2. The third-order valence-corrected chi connectivity index (χ3v) is 4.90. The van der Waals surface area contributed by atoms with Crippen LogP contribution in [0.5, 0.6) is 5.75 Å². The Morgan fingerprint density at radius 2 is 1.74 bits per heavy atom. The SMILES string of the molecule is COc1ccc(Cn2c(C)cc3c(N)ccc(C)c32)c(C)c1C. The summed E-state index contributed by atoms with van der Waals surface area (Å²) in [4.78, 5) is 0. The summed E-state index contributed by atoms with van der Waals surface area (Å²) in [5.74, 6) is 0.945. The maximum absolute atomic E-state index is 6.16. The summed E-state index contributed by atoms with van der Waals surface area (Å²) in [6.45, 7) is 9.40. The molecule has 0 aliphatic carbocycles. The Bertz CT molecular complexity index is 891. The number of benzene rings is 2. The molecule has 3 nitrogen and oxygen atoms in total. The number of rotatable bonds is 3. The van der Waals surface area contributed by atoms with Gasteiger partial charge in [-0.15, -0.1) is 0 Å². The topological polar surface area (TPSA) is 40.2 Å². The van der Waals surface area contributed by atoms with Crippen molar-refractivity contribution in [1.82, 2.24) is 4.57 Å². The molecule has 0 bridgehead atoms. The van der Waals surface area contributed by atoms with Crippen LogP contribution in [-0.2, 0) is 6.54 Å². The van der Waals surface area contributed by atoms with Gasteiger partial charge in [-0.3, -0.25) is 0 Å². The van der Waals surface area contributed by atoms with Gasteiger partial charge in [0.15, 0.2) is 0 Å². The van der Waals surface area contributed by atoms with Crippen molar-refractivity contribution in [2.45, 2.75) is 34.2 Å². The second kappa shape index (κ2) is 5.65. The first-order valence-corrected chi connectivity index (χ1v) is 7.92. The van der Waals surface area contributed by atoms with Crippen LogP contribution in [-0.4, -0.2) is 11.7 Å². The minimum absolute atomic E-state index is 0.843. The van der Waals surface area contributed by atoms with Crippen LogP contribution in [0, 0.1) is 27.7 Å². The van der Waals surface area contributed by atoms with Crippen molar-refractivity contribution in [3.8, 4) is 5.75 Å². The third kappa shape index (κ3) is 2.46. The molecule has 0 saturated carbocycles. The number of hydrogen-bond acceptors (Lipinski definition) is 2. The molecule has 3 heteroatoms. The molecule has 1 heterocycles. The van der Waals surface area contributed by atoms with E-state index in [0.717, 1.165) is 23.4 Å². The van der Waals surface area contributed by atoms with Gasteiger partial charge in [0.25, 0.3) is 0 Å². The molecule has 0 atom stereocenters. The molecule has 0 saturated heterocycles. The van der Waals surface area contributed by atoms with Crippen LogP contribution >= 0.6 is 0 Å². The molecule has 0 spiro atoms.